The maximum atomic E-state index is 10.9. The zero-order valence-electron chi connectivity index (χ0n) is 10.5. The van der Waals surface area contributed by atoms with E-state index < -0.39 is 5.97 Å². The second-order valence-corrected chi connectivity index (χ2v) is 5.03. The smallest absolute Gasteiger partial charge is 0.317 e. The first-order valence-corrected chi connectivity index (χ1v) is 6.31. The molecule has 1 aliphatic carbocycles. The van der Waals surface area contributed by atoms with Gasteiger partial charge in [-0.25, -0.2) is 0 Å². The van der Waals surface area contributed by atoms with Gasteiger partial charge in [-0.1, -0.05) is 12.1 Å². The first-order chi connectivity index (χ1) is 8.56. The van der Waals surface area contributed by atoms with Crippen molar-refractivity contribution >= 4 is 5.97 Å². The highest BCUT2D eigenvalue weighted by atomic mass is 16.4. The van der Waals surface area contributed by atoms with E-state index in [1.807, 2.05) is 24.0 Å². The Labute approximate surface area is 107 Å². The van der Waals surface area contributed by atoms with Crippen molar-refractivity contribution in [3.05, 3.63) is 29.8 Å². The number of benzene rings is 1. The molecule has 1 saturated carbocycles. The van der Waals surface area contributed by atoms with Crippen LogP contribution >= 0.6 is 0 Å². The minimum atomic E-state index is -0.790. The summed E-state index contributed by atoms with van der Waals surface area (Å²) in [6.07, 6.45) is 2.41. The normalized spacial score (nSPS) is 16.8. The lowest BCUT2D eigenvalue weighted by Crippen LogP contribution is -2.34. The summed E-state index contributed by atoms with van der Waals surface area (Å²) in [4.78, 5) is 12.9. The maximum absolute atomic E-state index is 10.9. The van der Waals surface area contributed by atoms with E-state index in [4.69, 9.17) is 5.11 Å². The topological polar surface area (TPSA) is 60.8 Å². The van der Waals surface area contributed by atoms with Crippen LogP contribution in [0, 0.1) is 5.92 Å². The summed E-state index contributed by atoms with van der Waals surface area (Å²) in [6, 6.07) is 7.04. The van der Waals surface area contributed by atoms with E-state index in [0.29, 0.717) is 5.92 Å². The molecule has 1 atom stereocenters. The summed E-state index contributed by atoms with van der Waals surface area (Å²) in [5, 5.41) is 18.2. The molecule has 4 heteroatoms. The average molecular weight is 249 g/mol. The Morgan fingerprint density at radius 1 is 1.39 bits per heavy atom. The number of hydrogen-bond acceptors (Lipinski definition) is 3. The van der Waals surface area contributed by atoms with Crippen LogP contribution in [-0.2, 0) is 4.79 Å². The van der Waals surface area contributed by atoms with Gasteiger partial charge < -0.3 is 10.2 Å². The van der Waals surface area contributed by atoms with Crippen molar-refractivity contribution in [2.24, 2.45) is 5.92 Å². The fourth-order valence-electron chi connectivity index (χ4n) is 2.13. The van der Waals surface area contributed by atoms with Crippen LogP contribution in [0.3, 0.4) is 0 Å². The van der Waals surface area contributed by atoms with Crippen LogP contribution in [0.4, 0.5) is 0 Å². The zero-order valence-corrected chi connectivity index (χ0v) is 10.5. The Hall–Kier alpha value is -1.55. The minimum Gasteiger partial charge on any atom is -0.508 e. The van der Waals surface area contributed by atoms with E-state index in [1.54, 1.807) is 12.1 Å². The molecule has 4 nitrogen and oxygen atoms in total. The first-order valence-electron chi connectivity index (χ1n) is 6.31. The largest absolute Gasteiger partial charge is 0.508 e. The number of phenolic OH excluding ortho intramolecular Hbond substituents is 1. The maximum Gasteiger partial charge on any atom is 0.317 e. The Balaban J connectivity index is 2.07. The second kappa shape index (κ2) is 5.40. The Bertz CT molecular complexity index is 412. The van der Waals surface area contributed by atoms with Gasteiger partial charge in [0.15, 0.2) is 0 Å². The van der Waals surface area contributed by atoms with E-state index in [-0.39, 0.29) is 18.3 Å². The molecule has 1 aromatic rings. The molecule has 2 N–H and O–H groups in total. The highest BCUT2D eigenvalue weighted by molar-refractivity contribution is 5.69. The number of carbonyl (C=O) groups is 1. The summed E-state index contributed by atoms with van der Waals surface area (Å²) < 4.78 is 0. The SMILES string of the molecule is CC(c1ccc(O)cc1)N(CC(=O)O)CC1CC1. The van der Waals surface area contributed by atoms with Gasteiger partial charge in [0, 0.05) is 12.6 Å². The molecule has 0 saturated heterocycles. The number of rotatable bonds is 6. The third kappa shape index (κ3) is 3.47. The number of aliphatic carboxylic acids is 1. The lowest BCUT2D eigenvalue weighted by molar-refractivity contribution is -0.139. The Morgan fingerprint density at radius 3 is 2.50 bits per heavy atom. The standard InChI is InChI=1S/C14H19NO3/c1-10(12-4-6-13(16)7-5-12)15(9-14(17)18)8-11-2-3-11/h4-7,10-11,16H,2-3,8-9H2,1H3,(H,17,18). The molecule has 1 fully saturated rings. The summed E-state index contributed by atoms with van der Waals surface area (Å²) in [5.74, 6) is 0.100. The predicted molar refractivity (Wildman–Crippen MR) is 68.5 cm³/mol. The molecule has 0 amide bonds. The number of aromatic hydroxyl groups is 1. The van der Waals surface area contributed by atoms with Crippen molar-refractivity contribution in [1.29, 1.82) is 0 Å². The van der Waals surface area contributed by atoms with Crippen molar-refractivity contribution in [2.75, 3.05) is 13.1 Å². The van der Waals surface area contributed by atoms with Crippen LogP contribution in [0.25, 0.3) is 0 Å². The lowest BCUT2D eigenvalue weighted by Gasteiger charge is -2.27. The number of hydrogen-bond donors (Lipinski definition) is 2. The number of carboxylic acid groups (broad SMARTS) is 1. The van der Waals surface area contributed by atoms with Crippen LogP contribution in [0.15, 0.2) is 24.3 Å². The van der Waals surface area contributed by atoms with Crippen molar-refractivity contribution < 1.29 is 15.0 Å². The highest BCUT2D eigenvalue weighted by Gasteiger charge is 2.28. The molecule has 0 heterocycles. The van der Waals surface area contributed by atoms with Gasteiger partial charge in [0.1, 0.15) is 5.75 Å². The fourth-order valence-corrected chi connectivity index (χ4v) is 2.13. The summed E-state index contributed by atoms with van der Waals surface area (Å²) in [6.45, 7) is 2.92. The van der Waals surface area contributed by atoms with Crippen molar-refractivity contribution in [3.8, 4) is 5.75 Å². The van der Waals surface area contributed by atoms with Gasteiger partial charge in [-0.3, -0.25) is 9.69 Å². The Morgan fingerprint density at radius 2 is 2.00 bits per heavy atom. The van der Waals surface area contributed by atoms with Crippen molar-refractivity contribution in [3.63, 3.8) is 0 Å². The van der Waals surface area contributed by atoms with Crippen LogP contribution in [0.2, 0.25) is 0 Å². The molecule has 0 bridgehead atoms. The monoisotopic (exact) mass is 249 g/mol. The van der Waals surface area contributed by atoms with Crippen molar-refractivity contribution in [1.82, 2.24) is 4.90 Å². The van der Waals surface area contributed by atoms with Crippen molar-refractivity contribution in [2.45, 2.75) is 25.8 Å². The van der Waals surface area contributed by atoms with Gasteiger partial charge >= 0.3 is 5.97 Å². The van der Waals surface area contributed by atoms with E-state index >= 15 is 0 Å². The van der Waals surface area contributed by atoms with Crippen LogP contribution in [-0.4, -0.2) is 34.2 Å². The molecule has 1 aromatic carbocycles. The average Bonchev–Trinajstić information content (AvgIpc) is 3.12. The van der Waals surface area contributed by atoms with Gasteiger partial charge in [-0.2, -0.15) is 0 Å². The van der Waals surface area contributed by atoms with Crippen LogP contribution in [0.1, 0.15) is 31.4 Å². The predicted octanol–water partition coefficient (Wildman–Crippen LogP) is 2.25. The van der Waals surface area contributed by atoms with Gasteiger partial charge in [-0.05, 0) is 43.4 Å². The molecule has 1 unspecified atom stereocenters. The molecule has 2 rings (SSSR count). The molecule has 0 spiro atoms. The molecule has 1 aliphatic rings. The van der Waals surface area contributed by atoms with Crippen LogP contribution < -0.4 is 0 Å². The summed E-state index contributed by atoms with van der Waals surface area (Å²) >= 11 is 0. The quantitative estimate of drug-likeness (QED) is 0.811. The summed E-state index contributed by atoms with van der Waals surface area (Å²) in [5.41, 5.74) is 1.04. The molecule has 0 radical (unpaired) electrons. The number of nitrogens with zero attached hydrogens (tertiary/aromatic N) is 1. The third-order valence-electron chi connectivity index (χ3n) is 3.45. The van der Waals surface area contributed by atoms with E-state index in [0.717, 1.165) is 12.1 Å². The number of phenols is 1. The Kier molecular flexibility index (Phi) is 3.87. The highest BCUT2D eigenvalue weighted by Crippen LogP contribution is 2.32. The minimum absolute atomic E-state index is 0.0577. The molecule has 18 heavy (non-hydrogen) atoms. The third-order valence-corrected chi connectivity index (χ3v) is 3.45. The van der Waals surface area contributed by atoms with E-state index in [1.165, 1.54) is 12.8 Å². The molecule has 98 valence electrons. The molecular formula is C14H19NO3. The van der Waals surface area contributed by atoms with Gasteiger partial charge in [0.25, 0.3) is 0 Å². The van der Waals surface area contributed by atoms with Crippen LogP contribution in [0.5, 0.6) is 5.75 Å². The molecular weight excluding hydrogens is 230 g/mol. The van der Waals surface area contributed by atoms with Gasteiger partial charge in [-0.15, -0.1) is 0 Å². The molecule has 0 aliphatic heterocycles. The van der Waals surface area contributed by atoms with Gasteiger partial charge in [0.2, 0.25) is 0 Å². The van der Waals surface area contributed by atoms with Gasteiger partial charge in [0.05, 0.1) is 6.54 Å². The zero-order chi connectivity index (χ0) is 13.1. The fraction of sp³-hybridized carbons (Fsp3) is 0.500. The lowest BCUT2D eigenvalue weighted by atomic mass is 10.1. The first kappa shape index (κ1) is 12.9. The number of carboxylic acids is 1. The van der Waals surface area contributed by atoms with E-state index in [9.17, 15) is 9.90 Å². The second-order valence-electron chi connectivity index (χ2n) is 5.03. The molecule has 0 aromatic heterocycles. The van der Waals surface area contributed by atoms with E-state index in [2.05, 4.69) is 0 Å². The summed E-state index contributed by atoms with van der Waals surface area (Å²) in [7, 11) is 0.